The molecule has 0 spiro atoms. The molecule has 16 heavy (non-hydrogen) atoms. The third-order valence-electron chi connectivity index (χ3n) is 1.61. The molecule has 78 valence electrons. The number of rotatable bonds is 3. The fourth-order valence-corrected chi connectivity index (χ4v) is 0.878. The van der Waals surface area contributed by atoms with Crippen molar-refractivity contribution in [3.05, 3.63) is 41.9 Å². The minimum Gasteiger partial charge on any atom is -0.867 e. The van der Waals surface area contributed by atoms with E-state index in [1.165, 1.54) is 24.5 Å². The molecule has 0 aromatic carbocycles. The van der Waals surface area contributed by atoms with Crippen LogP contribution in [0.5, 0.6) is 0 Å². The maximum absolute atomic E-state index is 11.4. The fourth-order valence-electron chi connectivity index (χ4n) is 0.878. The van der Waals surface area contributed by atoms with Crippen molar-refractivity contribution < 1.29 is 49.0 Å². The first-order valence-electron chi connectivity index (χ1n) is 4.06. The van der Waals surface area contributed by atoms with Crippen molar-refractivity contribution in [2.45, 2.75) is 0 Å². The third-order valence-corrected chi connectivity index (χ3v) is 1.61. The molecule has 0 aliphatic heterocycles. The Bertz CT molecular complexity index is 403. The van der Waals surface area contributed by atoms with E-state index in [-0.39, 0.29) is 29.6 Å². The molecule has 1 heterocycles. The molecule has 0 N–H and O–H groups in total. The van der Waals surface area contributed by atoms with E-state index < -0.39 is 17.5 Å². The molecule has 0 aliphatic carbocycles. The van der Waals surface area contributed by atoms with E-state index in [0.717, 1.165) is 7.11 Å². The summed E-state index contributed by atoms with van der Waals surface area (Å²) >= 11 is 0. The first-order chi connectivity index (χ1) is 7.15. The van der Waals surface area contributed by atoms with Gasteiger partial charge in [-0.1, -0.05) is 0 Å². The number of carbonyl (C=O) groups is 2. The maximum Gasteiger partial charge on any atom is 1.00 e. The van der Waals surface area contributed by atoms with Gasteiger partial charge in [0.2, 0.25) is 0 Å². The second-order valence-corrected chi connectivity index (χ2v) is 2.60. The van der Waals surface area contributed by atoms with Gasteiger partial charge in [-0.15, -0.1) is 0 Å². The summed E-state index contributed by atoms with van der Waals surface area (Å²) in [7, 11) is 1.07. The van der Waals surface area contributed by atoms with Crippen LogP contribution in [-0.4, -0.2) is 23.8 Å². The molecule has 6 heteroatoms. The third kappa shape index (κ3) is 4.14. The van der Waals surface area contributed by atoms with Crippen LogP contribution in [0.3, 0.4) is 0 Å². The number of carbonyl (C=O) groups excluding carboxylic acids is 2. The fraction of sp³-hybridized carbons (Fsp3) is 0.100. The van der Waals surface area contributed by atoms with Crippen LogP contribution in [0.25, 0.3) is 0 Å². The Morgan fingerprint density at radius 3 is 2.44 bits per heavy atom. The van der Waals surface area contributed by atoms with Crippen LogP contribution in [0.4, 0.5) is 0 Å². The number of ether oxygens (including phenoxy) is 1. The molecule has 5 nitrogen and oxygen atoms in total. The average Bonchev–Trinajstić information content (AvgIpc) is 2.29. The van der Waals surface area contributed by atoms with Crippen LogP contribution in [0.2, 0.25) is 0 Å². The minimum atomic E-state index is -1.06. The molecule has 1 aromatic heterocycles. The summed E-state index contributed by atoms with van der Waals surface area (Å²) in [5.41, 5.74) is 0.294. The molecule has 0 radical (unpaired) electrons. The van der Waals surface area contributed by atoms with E-state index >= 15 is 0 Å². The molecule has 0 atom stereocenters. The summed E-state index contributed by atoms with van der Waals surface area (Å²) in [5.74, 6) is -2.58. The SMILES string of the molecule is COC(=O)/C([O-])=C/C(=O)c1ccncc1.[Na+]. The van der Waals surface area contributed by atoms with Gasteiger partial charge in [-0.3, -0.25) is 9.78 Å². The van der Waals surface area contributed by atoms with Crippen molar-refractivity contribution in [2.24, 2.45) is 0 Å². The molecule has 0 bridgehead atoms. The summed E-state index contributed by atoms with van der Waals surface area (Å²) in [4.78, 5) is 25.8. The Balaban J connectivity index is 0.00000225. The minimum absolute atomic E-state index is 0. The molecule has 0 aliphatic rings. The smallest absolute Gasteiger partial charge is 0.867 e. The second-order valence-electron chi connectivity index (χ2n) is 2.60. The Labute approximate surface area is 114 Å². The molecular formula is C10H8NNaO4. The van der Waals surface area contributed by atoms with Crippen molar-refractivity contribution in [1.82, 2.24) is 4.98 Å². The van der Waals surface area contributed by atoms with E-state index in [9.17, 15) is 14.7 Å². The molecular weight excluding hydrogens is 221 g/mol. The van der Waals surface area contributed by atoms with Gasteiger partial charge in [0.1, 0.15) is 0 Å². The summed E-state index contributed by atoms with van der Waals surface area (Å²) in [5, 5.41) is 11.0. The van der Waals surface area contributed by atoms with Gasteiger partial charge in [-0.05, 0) is 24.0 Å². The molecule has 1 rings (SSSR count). The zero-order chi connectivity index (χ0) is 11.3. The first kappa shape index (κ1) is 14.8. The van der Waals surface area contributed by atoms with Crippen molar-refractivity contribution in [3.63, 3.8) is 0 Å². The van der Waals surface area contributed by atoms with Crippen molar-refractivity contribution in [2.75, 3.05) is 7.11 Å². The zero-order valence-corrected chi connectivity index (χ0v) is 11.0. The Morgan fingerprint density at radius 2 is 1.94 bits per heavy atom. The summed E-state index contributed by atoms with van der Waals surface area (Å²) in [6, 6.07) is 2.90. The molecule has 0 fully saturated rings. The van der Waals surface area contributed by atoms with Crippen molar-refractivity contribution >= 4 is 11.8 Å². The normalized spacial score (nSPS) is 10.2. The van der Waals surface area contributed by atoms with Gasteiger partial charge in [-0.25, -0.2) is 4.79 Å². The number of pyridine rings is 1. The van der Waals surface area contributed by atoms with E-state index in [4.69, 9.17) is 0 Å². The number of nitrogens with zero attached hydrogens (tertiary/aromatic N) is 1. The largest absolute Gasteiger partial charge is 1.00 e. The Hall–Kier alpha value is -1.17. The number of allylic oxidation sites excluding steroid dienone is 1. The van der Waals surface area contributed by atoms with Gasteiger partial charge >= 0.3 is 35.5 Å². The van der Waals surface area contributed by atoms with Crippen molar-refractivity contribution in [1.29, 1.82) is 0 Å². The standard InChI is InChI=1S/C10H9NO4.Na/c1-15-10(14)9(13)6-8(12)7-2-4-11-5-3-7;/h2-6,13H,1H3;/q;+1/p-1/b9-6-;. The average molecular weight is 229 g/mol. The molecule has 0 amide bonds. The summed E-state index contributed by atoms with van der Waals surface area (Å²) in [6.07, 6.45) is 3.54. The Kier molecular flexibility index (Phi) is 6.64. The van der Waals surface area contributed by atoms with Crippen LogP contribution < -0.4 is 34.7 Å². The molecule has 0 saturated carbocycles. The quantitative estimate of drug-likeness (QED) is 0.178. The maximum atomic E-state index is 11.4. The van der Waals surface area contributed by atoms with Gasteiger partial charge < -0.3 is 9.84 Å². The number of esters is 1. The second kappa shape index (κ2) is 7.16. The monoisotopic (exact) mass is 229 g/mol. The topological polar surface area (TPSA) is 79.3 Å². The number of methoxy groups -OCH3 is 1. The predicted octanol–water partition coefficient (Wildman–Crippen LogP) is -3.31. The molecule has 0 saturated heterocycles. The van der Waals surface area contributed by atoms with Gasteiger partial charge in [0.15, 0.2) is 5.78 Å². The number of aromatic nitrogens is 1. The Morgan fingerprint density at radius 1 is 1.38 bits per heavy atom. The first-order valence-corrected chi connectivity index (χ1v) is 4.06. The van der Waals surface area contributed by atoms with E-state index in [1.54, 1.807) is 0 Å². The van der Waals surface area contributed by atoms with Crippen molar-refractivity contribution in [3.8, 4) is 0 Å². The van der Waals surface area contributed by atoms with Crippen LogP contribution in [0.15, 0.2) is 36.4 Å². The van der Waals surface area contributed by atoms with Gasteiger partial charge in [-0.2, -0.15) is 0 Å². The van der Waals surface area contributed by atoms with Crippen LogP contribution in [0, 0.1) is 0 Å². The van der Waals surface area contributed by atoms with E-state index in [0.29, 0.717) is 11.6 Å². The number of hydrogen-bond donors (Lipinski definition) is 0. The van der Waals surface area contributed by atoms with Gasteiger partial charge in [0.05, 0.1) is 7.11 Å². The number of hydrogen-bond acceptors (Lipinski definition) is 5. The van der Waals surface area contributed by atoms with Gasteiger partial charge in [0.25, 0.3) is 0 Å². The van der Waals surface area contributed by atoms with E-state index in [2.05, 4.69) is 9.72 Å². The van der Waals surface area contributed by atoms with Crippen LogP contribution >= 0.6 is 0 Å². The molecule has 0 unspecified atom stereocenters. The summed E-state index contributed by atoms with van der Waals surface area (Å²) in [6.45, 7) is 0. The predicted molar refractivity (Wildman–Crippen MR) is 48.7 cm³/mol. The molecule has 1 aromatic rings. The van der Waals surface area contributed by atoms with Crippen LogP contribution in [0.1, 0.15) is 10.4 Å². The van der Waals surface area contributed by atoms with Gasteiger partial charge in [0, 0.05) is 18.0 Å². The summed E-state index contributed by atoms with van der Waals surface area (Å²) < 4.78 is 4.16. The van der Waals surface area contributed by atoms with E-state index in [1.807, 2.05) is 0 Å². The van der Waals surface area contributed by atoms with Crippen LogP contribution in [-0.2, 0) is 9.53 Å². The zero-order valence-electron chi connectivity index (χ0n) is 8.97. The number of ketones is 1.